The van der Waals surface area contributed by atoms with E-state index in [1.807, 2.05) is 44.3 Å². The van der Waals surface area contributed by atoms with Crippen LogP contribution in [0.4, 0.5) is 0 Å². The van der Waals surface area contributed by atoms with Crippen molar-refractivity contribution in [3.05, 3.63) is 58.3 Å². The molecule has 4 heteroatoms. The van der Waals surface area contributed by atoms with Gasteiger partial charge >= 0.3 is 0 Å². The van der Waals surface area contributed by atoms with Crippen molar-refractivity contribution in [1.29, 1.82) is 0 Å². The Labute approximate surface area is 126 Å². The summed E-state index contributed by atoms with van der Waals surface area (Å²) in [7, 11) is 2.01. The highest BCUT2D eigenvalue weighted by Gasteiger charge is 2.11. The zero-order chi connectivity index (χ0) is 14.1. The lowest BCUT2D eigenvalue weighted by molar-refractivity contribution is 0.308. The van der Waals surface area contributed by atoms with E-state index >= 15 is 0 Å². The molecule has 1 heterocycles. The lowest BCUT2D eigenvalue weighted by Crippen LogP contribution is -1.98. The molecule has 0 saturated carbocycles. The van der Waals surface area contributed by atoms with Crippen LogP contribution in [-0.4, -0.2) is 9.55 Å². The number of imidazole rings is 1. The van der Waals surface area contributed by atoms with Gasteiger partial charge in [0.2, 0.25) is 0 Å². The van der Waals surface area contributed by atoms with Gasteiger partial charge in [0.15, 0.2) is 0 Å². The number of hydrogen-bond donors (Lipinski definition) is 0. The monoisotopic (exact) mass is 330 g/mol. The molecule has 102 valence electrons. The molecule has 3 nitrogen and oxygen atoms in total. The van der Waals surface area contributed by atoms with Crippen molar-refractivity contribution in [3.8, 4) is 5.75 Å². The predicted octanol–water partition coefficient (Wildman–Crippen LogP) is 4.22. The zero-order valence-electron chi connectivity index (χ0n) is 11.4. The van der Waals surface area contributed by atoms with Gasteiger partial charge in [-0.3, -0.25) is 0 Å². The van der Waals surface area contributed by atoms with Gasteiger partial charge < -0.3 is 9.30 Å². The fourth-order valence-corrected chi connectivity index (χ4v) is 2.66. The highest BCUT2D eigenvalue weighted by Crippen LogP contribution is 2.30. The summed E-state index contributed by atoms with van der Waals surface area (Å²) in [5.41, 5.74) is 3.13. The van der Waals surface area contributed by atoms with Crippen molar-refractivity contribution in [1.82, 2.24) is 9.55 Å². The fraction of sp³-hybridized carbons (Fsp3) is 0.188. The van der Waals surface area contributed by atoms with Crippen LogP contribution in [0.2, 0.25) is 0 Å². The van der Waals surface area contributed by atoms with Crippen LogP contribution in [0.5, 0.6) is 5.75 Å². The first-order valence-corrected chi connectivity index (χ1v) is 7.24. The highest BCUT2D eigenvalue weighted by atomic mass is 79.9. The second kappa shape index (κ2) is 5.29. The molecule has 0 atom stereocenters. The van der Waals surface area contributed by atoms with E-state index < -0.39 is 0 Å². The Morgan fingerprint density at radius 1 is 1.20 bits per heavy atom. The van der Waals surface area contributed by atoms with Crippen molar-refractivity contribution in [3.63, 3.8) is 0 Å². The average molecular weight is 331 g/mol. The number of aryl methyl sites for hydroxylation is 2. The molecule has 1 aromatic heterocycles. The Morgan fingerprint density at radius 3 is 2.70 bits per heavy atom. The van der Waals surface area contributed by atoms with E-state index in [4.69, 9.17) is 4.74 Å². The third kappa shape index (κ3) is 2.43. The summed E-state index contributed by atoms with van der Waals surface area (Å²) in [5.74, 6) is 1.82. The van der Waals surface area contributed by atoms with Crippen molar-refractivity contribution in [2.75, 3.05) is 0 Å². The normalized spacial score (nSPS) is 10.9. The molecule has 0 amide bonds. The number of rotatable bonds is 3. The van der Waals surface area contributed by atoms with E-state index in [-0.39, 0.29) is 0 Å². The molecule has 2 aromatic carbocycles. The molecule has 0 aliphatic carbocycles. The smallest absolute Gasteiger partial charge is 0.146 e. The van der Waals surface area contributed by atoms with Crippen LogP contribution in [0.3, 0.4) is 0 Å². The summed E-state index contributed by atoms with van der Waals surface area (Å²) in [6.45, 7) is 2.55. The SMILES string of the molecule is Cc1nc2cc(Br)cc(OCc3ccccc3)c2n1C. The molecule has 0 unspecified atom stereocenters. The maximum absolute atomic E-state index is 5.99. The predicted molar refractivity (Wildman–Crippen MR) is 83.9 cm³/mol. The van der Waals surface area contributed by atoms with Gasteiger partial charge in [0, 0.05) is 11.5 Å². The molecular weight excluding hydrogens is 316 g/mol. The minimum absolute atomic E-state index is 0.552. The van der Waals surface area contributed by atoms with Gasteiger partial charge in [-0.25, -0.2) is 4.98 Å². The third-order valence-corrected chi connectivity index (χ3v) is 3.82. The van der Waals surface area contributed by atoms with E-state index in [1.54, 1.807) is 0 Å². The van der Waals surface area contributed by atoms with E-state index in [9.17, 15) is 0 Å². The van der Waals surface area contributed by atoms with E-state index in [0.717, 1.165) is 32.6 Å². The van der Waals surface area contributed by atoms with Gasteiger partial charge in [-0.1, -0.05) is 46.3 Å². The van der Waals surface area contributed by atoms with Crippen molar-refractivity contribution in [2.45, 2.75) is 13.5 Å². The van der Waals surface area contributed by atoms with Gasteiger partial charge in [-0.15, -0.1) is 0 Å². The molecular formula is C16H15BrN2O. The van der Waals surface area contributed by atoms with Gasteiger partial charge in [-0.05, 0) is 24.6 Å². The number of ether oxygens (including phenoxy) is 1. The van der Waals surface area contributed by atoms with Crippen molar-refractivity contribution < 1.29 is 4.74 Å². The van der Waals surface area contributed by atoms with Gasteiger partial charge in [0.05, 0.1) is 5.52 Å². The Hall–Kier alpha value is -1.81. The number of hydrogen-bond acceptors (Lipinski definition) is 2. The first-order chi connectivity index (χ1) is 9.65. The number of halogens is 1. The number of fused-ring (bicyclic) bond motifs is 1. The van der Waals surface area contributed by atoms with Crippen LogP contribution in [0.15, 0.2) is 46.9 Å². The number of nitrogens with zero attached hydrogens (tertiary/aromatic N) is 2. The van der Waals surface area contributed by atoms with E-state index in [1.165, 1.54) is 0 Å². The fourth-order valence-electron chi connectivity index (χ4n) is 2.24. The van der Waals surface area contributed by atoms with Crippen molar-refractivity contribution >= 4 is 27.0 Å². The zero-order valence-corrected chi connectivity index (χ0v) is 13.0. The van der Waals surface area contributed by atoms with Crippen LogP contribution in [0, 0.1) is 6.92 Å². The maximum Gasteiger partial charge on any atom is 0.146 e. The highest BCUT2D eigenvalue weighted by molar-refractivity contribution is 9.10. The Morgan fingerprint density at radius 2 is 1.95 bits per heavy atom. The van der Waals surface area contributed by atoms with Crippen LogP contribution in [-0.2, 0) is 13.7 Å². The summed E-state index contributed by atoms with van der Waals surface area (Å²) in [4.78, 5) is 4.54. The molecule has 0 radical (unpaired) electrons. The van der Waals surface area contributed by atoms with Crippen LogP contribution < -0.4 is 4.74 Å². The molecule has 20 heavy (non-hydrogen) atoms. The first-order valence-electron chi connectivity index (χ1n) is 6.44. The van der Waals surface area contributed by atoms with Crippen molar-refractivity contribution in [2.24, 2.45) is 7.05 Å². The standard InChI is InChI=1S/C16H15BrN2O/c1-11-18-14-8-13(17)9-15(16(14)19(11)2)20-10-12-6-4-3-5-7-12/h3-9H,10H2,1-2H3. The summed E-state index contributed by atoms with van der Waals surface area (Å²) >= 11 is 3.51. The summed E-state index contributed by atoms with van der Waals surface area (Å²) in [6.07, 6.45) is 0. The van der Waals surface area contributed by atoms with Crippen LogP contribution >= 0.6 is 15.9 Å². The molecule has 0 aliphatic rings. The quantitative estimate of drug-likeness (QED) is 0.718. The lowest BCUT2D eigenvalue weighted by atomic mass is 10.2. The second-order valence-corrected chi connectivity index (χ2v) is 5.68. The van der Waals surface area contributed by atoms with E-state index in [2.05, 4.69) is 37.6 Å². The number of aromatic nitrogens is 2. The van der Waals surface area contributed by atoms with Crippen LogP contribution in [0.1, 0.15) is 11.4 Å². The topological polar surface area (TPSA) is 27.1 Å². The minimum atomic E-state index is 0.552. The Kier molecular flexibility index (Phi) is 3.49. The molecule has 0 spiro atoms. The summed E-state index contributed by atoms with van der Waals surface area (Å²) in [6, 6.07) is 14.2. The van der Waals surface area contributed by atoms with Crippen LogP contribution in [0.25, 0.3) is 11.0 Å². The molecule has 0 aliphatic heterocycles. The van der Waals surface area contributed by atoms with Gasteiger partial charge in [-0.2, -0.15) is 0 Å². The molecule has 3 rings (SSSR count). The Bertz CT molecular complexity index is 750. The molecule has 0 N–H and O–H groups in total. The lowest BCUT2D eigenvalue weighted by Gasteiger charge is -2.09. The molecule has 0 saturated heterocycles. The molecule has 0 fully saturated rings. The molecule has 3 aromatic rings. The second-order valence-electron chi connectivity index (χ2n) is 4.76. The summed E-state index contributed by atoms with van der Waals surface area (Å²) < 4.78 is 9.03. The largest absolute Gasteiger partial charge is 0.487 e. The van der Waals surface area contributed by atoms with E-state index in [0.29, 0.717) is 6.61 Å². The minimum Gasteiger partial charge on any atom is -0.487 e. The number of benzene rings is 2. The van der Waals surface area contributed by atoms with Gasteiger partial charge in [0.1, 0.15) is 23.7 Å². The first kappa shape index (κ1) is 13.2. The molecule has 0 bridgehead atoms. The summed E-state index contributed by atoms with van der Waals surface area (Å²) in [5, 5.41) is 0. The maximum atomic E-state index is 5.99. The van der Waals surface area contributed by atoms with Gasteiger partial charge in [0.25, 0.3) is 0 Å². The third-order valence-electron chi connectivity index (χ3n) is 3.36. The Balaban J connectivity index is 1.98. The average Bonchev–Trinajstić information content (AvgIpc) is 2.72.